The Hall–Kier alpha value is -2.87. The zero-order valence-electron chi connectivity index (χ0n) is 18.6. The maximum absolute atomic E-state index is 14.0. The third kappa shape index (κ3) is 4.72. The Kier molecular flexibility index (Phi) is 8.01. The van der Waals surface area contributed by atoms with Crippen molar-refractivity contribution < 1.29 is 79.4 Å². The minimum Gasteiger partial charge on any atom is -0.296 e. The lowest BCUT2D eigenvalue weighted by Crippen LogP contribution is -2.75. The summed E-state index contributed by atoms with van der Waals surface area (Å²) in [6, 6.07) is 5.74. The topological polar surface area (TPSA) is 42.0 Å². The van der Waals surface area contributed by atoms with Crippen LogP contribution in [0.3, 0.4) is 0 Å². The summed E-state index contributed by atoms with van der Waals surface area (Å²) in [7, 11) is 0. The number of anilines is 1. The molecule has 3 nitrogen and oxygen atoms in total. The maximum atomic E-state index is 14.0. The molecule has 1 aromatic carbocycles. The third-order valence-corrected chi connectivity index (χ3v) is 5.84. The van der Waals surface area contributed by atoms with E-state index in [1.807, 2.05) is 0 Å². The number of thiazole rings is 1. The number of nitrogens with zero attached hydrogens (tertiary/aromatic N) is 1. The maximum Gasteiger partial charge on any atom is 0.460 e. The molecule has 0 aliphatic heterocycles. The molecule has 0 saturated heterocycles. The van der Waals surface area contributed by atoms with Gasteiger partial charge in [-0.2, -0.15) is 74.6 Å². The van der Waals surface area contributed by atoms with Gasteiger partial charge in [-0.1, -0.05) is 29.8 Å². The fraction of sp³-hybridized carbons (Fsp3) is 0.474. The smallest absolute Gasteiger partial charge is 0.296 e. The Morgan fingerprint density at radius 1 is 0.650 bits per heavy atom. The van der Waals surface area contributed by atoms with Gasteiger partial charge in [0, 0.05) is 10.9 Å². The molecule has 2 rings (SSSR count). The molecule has 0 saturated carbocycles. The summed E-state index contributed by atoms with van der Waals surface area (Å²) in [5.41, 5.74) is 0.765. The standard InChI is InChI=1S/C19H9F17N2OS/c1-7-2-4-8(5-3-7)9-6-40-11(37-9)38-10(39)12(20,21)13(22,23)14(24,25)15(26,27)16(28,29)17(30,31)18(32,33)19(34,35)36/h2-6H,1H3,(H,37,38,39). The second-order valence-corrected chi connectivity index (χ2v) is 8.73. The summed E-state index contributed by atoms with van der Waals surface area (Å²) in [6.07, 6.45) is -7.84. The molecule has 0 aliphatic carbocycles. The number of alkyl halides is 17. The fourth-order valence-corrected chi connectivity index (χ4v) is 3.38. The van der Waals surface area contributed by atoms with Crippen LogP contribution in [0.5, 0.6) is 0 Å². The first-order chi connectivity index (χ1) is 17.6. The van der Waals surface area contributed by atoms with E-state index >= 15 is 0 Å². The molecular weight excluding hydrogens is 627 g/mol. The van der Waals surface area contributed by atoms with E-state index in [1.54, 1.807) is 6.92 Å². The first-order valence-electron chi connectivity index (χ1n) is 9.66. The van der Waals surface area contributed by atoms with Gasteiger partial charge in [0.15, 0.2) is 5.13 Å². The first kappa shape index (κ1) is 33.3. The Labute approximate surface area is 214 Å². The number of halogens is 17. The van der Waals surface area contributed by atoms with Gasteiger partial charge in [-0.3, -0.25) is 10.1 Å². The molecule has 0 unspecified atom stereocenters. The van der Waals surface area contributed by atoms with Crippen LogP contribution < -0.4 is 5.32 Å². The number of aryl methyl sites for hydroxylation is 1. The van der Waals surface area contributed by atoms with E-state index in [4.69, 9.17) is 0 Å². The average Bonchev–Trinajstić information content (AvgIpc) is 3.26. The van der Waals surface area contributed by atoms with Gasteiger partial charge in [-0.15, -0.1) is 11.3 Å². The quantitative estimate of drug-likeness (QED) is 0.283. The van der Waals surface area contributed by atoms with Gasteiger partial charge in [0.05, 0.1) is 5.69 Å². The number of carbonyl (C=O) groups excluding carboxylic acids is 1. The highest BCUT2D eigenvalue weighted by atomic mass is 32.1. The van der Waals surface area contributed by atoms with Crippen LogP contribution in [0.4, 0.5) is 79.8 Å². The van der Waals surface area contributed by atoms with E-state index in [9.17, 15) is 79.4 Å². The zero-order chi connectivity index (χ0) is 31.5. The molecule has 0 spiro atoms. The molecule has 1 aromatic heterocycles. The number of hydrogen-bond acceptors (Lipinski definition) is 3. The second kappa shape index (κ2) is 9.61. The van der Waals surface area contributed by atoms with Crippen LogP contribution in [0, 0.1) is 6.92 Å². The van der Waals surface area contributed by atoms with Gasteiger partial charge >= 0.3 is 53.5 Å². The third-order valence-electron chi connectivity index (χ3n) is 5.08. The van der Waals surface area contributed by atoms with Crippen molar-refractivity contribution in [1.82, 2.24) is 4.98 Å². The van der Waals surface area contributed by atoms with Gasteiger partial charge < -0.3 is 0 Å². The van der Waals surface area contributed by atoms with E-state index < -0.39 is 58.7 Å². The number of hydrogen-bond donors (Lipinski definition) is 1. The van der Waals surface area contributed by atoms with E-state index in [-0.39, 0.29) is 22.6 Å². The first-order valence-corrected chi connectivity index (χ1v) is 10.5. The van der Waals surface area contributed by atoms with Crippen molar-refractivity contribution in [2.75, 3.05) is 5.32 Å². The minimum absolute atomic E-state index is 0.153. The normalized spacial score (nSPS) is 14.8. The Bertz CT molecular complexity index is 1230. The molecule has 226 valence electrons. The SMILES string of the molecule is Cc1ccc(-c2csc(NC(=O)C(F)(F)C(F)(F)C(F)(F)C(F)(F)C(F)(F)C(F)(F)C(F)(F)C(F)(F)F)n2)cc1. The van der Waals surface area contributed by atoms with Crippen molar-refractivity contribution in [2.45, 2.75) is 54.6 Å². The molecule has 1 amide bonds. The zero-order valence-corrected chi connectivity index (χ0v) is 19.4. The van der Waals surface area contributed by atoms with Crippen molar-refractivity contribution in [3.63, 3.8) is 0 Å². The highest BCUT2D eigenvalue weighted by Crippen LogP contribution is 2.64. The van der Waals surface area contributed by atoms with Gasteiger partial charge in [0.2, 0.25) is 0 Å². The van der Waals surface area contributed by atoms with Crippen LogP contribution in [-0.4, -0.2) is 58.5 Å². The van der Waals surface area contributed by atoms with Gasteiger partial charge in [-0.25, -0.2) is 4.98 Å². The number of nitrogens with one attached hydrogen (secondary N) is 1. The predicted molar refractivity (Wildman–Crippen MR) is 102 cm³/mol. The highest BCUT2D eigenvalue weighted by molar-refractivity contribution is 7.14. The molecule has 1 heterocycles. The van der Waals surface area contributed by atoms with Gasteiger partial charge in [0.25, 0.3) is 0 Å². The molecule has 40 heavy (non-hydrogen) atoms. The lowest BCUT2D eigenvalue weighted by Gasteiger charge is -2.42. The fourth-order valence-electron chi connectivity index (χ4n) is 2.67. The Morgan fingerprint density at radius 3 is 1.48 bits per heavy atom. The van der Waals surface area contributed by atoms with E-state index in [2.05, 4.69) is 4.98 Å². The van der Waals surface area contributed by atoms with E-state index in [0.717, 1.165) is 10.7 Å². The van der Waals surface area contributed by atoms with Gasteiger partial charge in [-0.05, 0) is 6.92 Å². The predicted octanol–water partition coefficient (Wildman–Crippen LogP) is 8.07. The van der Waals surface area contributed by atoms with E-state index in [0.29, 0.717) is 5.56 Å². The molecule has 0 aliphatic rings. The van der Waals surface area contributed by atoms with Crippen LogP contribution in [0.2, 0.25) is 0 Å². The monoisotopic (exact) mass is 636 g/mol. The summed E-state index contributed by atoms with van der Waals surface area (Å²) in [5, 5.41) is 0.667. The summed E-state index contributed by atoms with van der Waals surface area (Å²) < 4.78 is 226. The molecule has 2 aromatic rings. The van der Waals surface area contributed by atoms with Crippen LogP contribution >= 0.6 is 11.3 Å². The summed E-state index contributed by atoms with van der Waals surface area (Å²) in [4.78, 5) is 15.1. The molecule has 0 atom stereocenters. The highest BCUT2D eigenvalue weighted by Gasteiger charge is 2.95. The molecule has 1 N–H and O–H groups in total. The Morgan fingerprint density at radius 2 is 1.05 bits per heavy atom. The average molecular weight is 636 g/mol. The van der Waals surface area contributed by atoms with E-state index in [1.165, 1.54) is 24.3 Å². The summed E-state index contributed by atoms with van der Waals surface area (Å²) in [5.74, 6) is -61.9. The van der Waals surface area contributed by atoms with Crippen LogP contribution in [0.15, 0.2) is 29.6 Å². The molecule has 0 radical (unpaired) electrons. The number of amides is 1. The van der Waals surface area contributed by atoms with Gasteiger partial charge in [0.1, 0.15) is 0 Å². The van der Waals surface area contributed by atoms with Crippen molar-refractivity contribution in [3.8, 4) is 11.3 Å². The largest absolute Gasteiger partial charge is 0.460 e. The van der Waals surface area contributed by atoms with Crippen LogP contribution in [0.25, 0.3) is 11.3 Å². The molecule has 0 fully saturated rings. The Balaban J connectivity index is 2.46. The van der Waals surface area contributed by atoms with Crippen LogP contribution in [0.1, 0.15) is 5.56 Å². The van der Waals surface area contributed by atoms with Crippen LogP contribution in [-0.2, 0) is 4.79 Å². The minimum atomic E-state index is -8.77. The number of rotatable bonds is 9. The number of benzene rings is 1. The van der Waals surface area contributed by atoms with Crippen molar-refractivity contribution >= 4 is 22.4 Å². The lowest BCUT2D eigenvalue weighted by atomic mass is 9.89. The summed E-state index contributed by atoms with van der Waals surface area (Å²) >= 11 is 0.163. The molecule has 0 bridgehead atoms. The second-order valence-electron chi connectivity index (χ2n) is 7.88. The lowest BCUT2D eigenvalue weighted by molar-refractivity contribution is -0.459. The summed E-state index contributed by atoms with van der Waals surface area (Å²) in [6.45, 7) is 1.64. The van der Waals surface area contributed by atoms with Crippen molar-refractivity contribution in [3.05, 3.63) is 35.2 Å². The number of aromatic nitrogens is 1. The molecular formula is C19H9F17N2OS. The van der Waals surface area contributed by atoms with Crippen molar-refractivity contribution in [1.29, 1.82) is 0 Å². The van der Waals surface area contributed by atoms with Crippen molar-refractivity contribution in [2.24, 2.45) is 0 Å². The molecule has 21 heteroatoms. The number of carbonyl (C=O) groups is 1.